The third kappa shape index (κ3) is 5.18. The van der Waals surface area contributed by atoms with E-state index in [1.165, 1.54) is 12.7 Å². The van der Waals surface area contributed by atoms with Crippen LogP contribution in [0.1, 0.15) is 0 Å². The Morgan fingerprint density at radius 3 is 1.85 bits per heavy atom. The van der Waals surface area contributed by atoms with E-state index >= 15 is 0 Å². The van der Waals surface area contributed by atoms with Crippen molar-refractivity contribution in [3.05, 3.63) is 47.1 Å². The summed E-state index contributed by atoms with van der Waals surface area (Å²) in [6.45, 7) is 0. The average Bonchev–Trinajstić information content (AvgIpc) is 2.22. The number of aromatic nitrogens is 4. The summed E-state index contributed by atoms with van der Waals surface area (Å²) in [7, 11) is 0. The smallest absolute Gasteiger partial charge is 0.116 e. The molecule has 2 aromatic rings. The largest absolute Gasteiger partial charge is 0.245 e. The van der Waals surface area contributed by atoms with E-state index in [-0.39, 0.29) is 0 Å². The number of rotatable bonds is 0. The van der Waals surface area contributed by atoms with E-state index in [0.29, 0.717) is 0 Å². The Kier molecular flexibility index (Phi) is 4.92. The van der Waals surface area contributed by atoms with Crippen molar-refractivity contribution in [2.75, 3.05) is 0 Å². The zero-order valence-electron chi connectivity index (χ0n) is 6.71. The molecule has 0 aliphatic rings. The third-order valence-electron chi connectivity index (χ3n) is 1.02. The van der Waals surface area contributed by atoms with Crippen LogP contribution < -0.4 is 0 Å². The van der Waals surface area contributed by atoms with Crippen LogP contribution in [0.15, 0.2) is 43.4 Å². The van der Waals surface area contributed by atoms with Crippen LogP contribution in [-0.4, -0.2) is 19.9 Å². The molecular weight excluding hydrogens is 279 g/mol. The summed E-state index contributed by atoms with van der Waals surface area (Å²) >= 11 is 2.13. The standard InChI is InChI=1S/C4H3IN2.C4H4N2/c5-4-1-2-6-3-7-4;1-2-5-4-6-3-1/h1-3H;1-4H. The van der Waals surface area contributed by atoms with Crippen LogP contribution in [0.2, 0.25) is 0 Å². The summed E-state index contributed by atoms with van der Waals surface area (Å²) in [4.78, 5) is 14.9. The Bertz CT molecular complexity index is 287. The molecule has 0 fully saturated rings. The molecule has 0 saturated carbocycles. The number of hydrogen-bond acceptors (Lipinski definition) is 4. The van der Waals surface area contributed by atoms with Crippen LogP contribution >= 0.6 is 22.6 Å². The molecule has 66 valence electrons. The molecular formula is C8H7IN4. The van der Waals surface area contributed by atoms with Crippen LogP contribution in [0.25, 0.3) is 0 Å². The summed E-state index contributed by atoms with van der Waals surface area (Å²) < 4.78 is 0.979. The first-order valence-corrected chi connectivity index (χ1v) is 4.59. The molecule has 2 rings (SSSR count). The fourth-order valence-corrected chi connectivity index (χ4v) is 0.813. The fourth-order valence-electron chi connectivity index (χ4n) is 0.528. The van der Waals surface area contributed by atoms with Crippen molar-refractivity contribution in [2.45, 2.75) is 0 Å². The normalized spacial score (nSPS) is 8.38. The van der Waals surface area contributed by atoms with Crippen LogP contribution in [0.4, 0.5) is 0 Å². The van der Waals surface area contributed by atoms with Gasteiger partial charge in [0.15, 0.2) is 0 Å². The van der Waals surface area contributed by atoms with Gasteiger partial charge in [-0.05, 0) is 34.7 Å². The first-order valence-electron chi connectivity index (χ1n) is 3.51. The van der Waals surface area contributed by atoms with Gasteiger partial charge in [0, 0.05) is 18.6 Å². The van der Waals surface area contributed by atoms with Gasteiger partial charge < -0.3 is 0 Å². The lowest BCUT2D eigenvalue weighted by Gasteiger charge is -1.79. The van der Waals surface area contributed by atoms with Gasteiger partial charge in [-0.2, -0.15) is 0 Å². The Hall–Kier alpha value is -1.11. The number of nitrogens with zero attached hydrogens (tertiary/aromatic N) is 4. The second-order valence-electron chi connectivity index (χ2n) is 1.94. The highest BCUT2D eigenvalue weighted by Gasteiger charge is 1.76. The van der Waals surface area contributed by atoms with Gasteiger partial charge in [-0.25, -0.2) is 19.9 Å². The molecule has 2 heterocycles. The van der Waals surface area contributed by atoms with Crippen molar-refractivity contribution in [3.63, 3.8) is 0 Å². The van der Waals surface area contributed by atoms with Crippen molar-refractivity contribution >= 4 is 22.6 Å². The van der Waals surface area contributed by atoms with Gasteiger partial charge in [0.25, 0.3) is 0 Å². The highest BCUT2D eigenvalue weighted by Crippen LogP contribution is 1.92. The highest BCUT2D eigenvalue weighted by atomic mass is 127. The highest BCUT2D eigenvalue weighted by molar-refractivity contribution is 14.1. The molecule has 0 amide bonds. The van der Waals surface area contributed by atoms with E-state index in [4.69, 9.17) is 0 Å². The van der Waals surface area contributed by atoms with Gasteiger partial charge >= 0.3 is 0 Å². The first-order chi connectivity index (χ1) is 6.39. The summed E-state index contributed by atoms with van der Waals surface area (Å²) in [6, 6.07) is 3.63. The fraction of sp³-hybridized carbons (Fsp3) is 0. The van der Waals surface area contributed by atoms with E-state index in [1.807, 2.05) is 6.07 Å². The van der Waals surface area contributed by atoms with Gasteiger partial charge in [0.2, 0.25) is 0 Å². The summed E-state index contributed by atoms with van der Waals surface area (Å²) in [5.41, 5.74) is 0. The molecule has 0 bridgehead atoms. The van der Waals surface area contributed by atoms with E-state index < -0.39 is 0 Å². The van der Waals surface area contributed by atoms with Crippen molar-refractivity contribution in [3.8, 4) is 0 Å². The Balaban J connectivity index is 0.000000132. The minimum Gasteiger partial charge on any atom is -0.245 e. The van der Waals surface area contributed by atoms with Gasteiger partial charge in [-0.15, -0.1) is 0 Å². The molecule has 0 saturated heterocycles. The molecule has 2 aromatic heterocycles. The van der Waals surface area contributed by atoms with Crippen molar-refractivity contribution < 1.29 is 0 Å². The van der Waals surface area contributed by atoms with Gasteiger partial charge in [0.1, 0.15) is 16.4 Å². The topological polar surface area (TPSA) is 51.6 Å². The first kappa shape index (κ1) is 9.97. The lowest BCUT2D eigenvalue weighted by Crippen LogP contribution is -1.76. The molecule has 0 aromatic carbocycles. The van der Waals surface area contributed by atoms with Gasteiger partial charge in [-0.3, -0.25) is 0 Å². The molecule has 0 radical (unpaired) electrons. The summed E-state index contributed by atoms with van der Waals surface area (Å²) in [5, 5.41) is 0. The Labute approximate surface area is 89.6 Å². The maximum absolute atomic E-state index is 3.85. The number of hydrogen-bond donors (Lipinski definition) is 0. The maximum Gasteiger partial charge on any atom is 0.116 e. The molecule has 0 atom stereocenters. The Morgan fingerprint density at radius 1 is 0.923 bits per heavy atom. The molecule has 0 unspecified atom stereocenters. The second-order valence-corrected chi connectivity index (χ2v) is 3.04. The lowest BCUT2D eigenvalue weighted by atomic mass is 10.7. The quantitative estimate of drug-likeness (QED) is 0.545. The molecule has 0 aliphatic heterocycles. The zero-order valence-corrected chi connectivity index (χ0v) is 8.87. The van der Waals surface area contributed by atoms with Gasteiger partial charge in [-0.1, -0.05) is 0 Å². The van der Waals surface area contributed by atoms with Crippen LogP contribution in [-0.2, 0) is 0 Å². The van der Waals surface area contributed by atoms with Gasteiger partial charge in [0.05, 0.1) is 0 Å². The average molecular weight is 286 g/mol. The minimum absolute atomic E-state index is 0.979. The molecule has 0 spiro atoms. The van der Waals surface area contributed by atoms with E-state index in [0.717, 1.165) is 3.70 Å². The van der Waals surface area contributed by atoms with Crippen molar-refractivity contribution in [2.24, 2.45) is 0 Å². The zero-order chi connectivity index (χ0) is 9.36. The summed E-state index contributed by atoms with van der Waals surface area (Å²) in [5.74, 6) is 0. The van der Waals surface area contributed by atoms with Crippen LogP contribution in [0.5, 0.6) is 0 Å². The van der Waals surface area contributed by atoms with Crippen LogP contribution in [0, 0.1) is 3.70 Å². The minimum atomic E-state index is 0.979. The predicted octanol–water partition coefficient (Wildman–Crippen LogP) is 1.56. The molecule has 4 nitrogen and oxygen atoms in total. The monoisotopic (exact) mass is 286 g/mol. The Morgan fingerprint density at radius 2 is 1.62 bits per heavy atom. The maximum atomic E-state index is 3.85. The lowest BCUT2D eigenvalue weighted by molar-refractivity contribution is 1.14. The van der Waals surface area contributed by atoms with Crippen LogP contribution in [0.3, 0.4) is 0 Å². The molecule has 13 heavy (non-hydrogen) atoms. The summed E-state index contributed by atoms with van der Waals surface area (Å²) in [6.07, 6.45) is 8.12. The van der Waals surface area contributed by atoms with E-state index in [2.05, 4.69) is 42.5 Å². The SMILES string of the molecule is Ic1ccncn1.c1cncnc1. The second kappa shape index (κ2) is 6.41. The van der Waals surface area contributed by atoms with Crippen molar-refractivity contribution in [1.82, 2.24) is 19.9 Å². The molecule has 5 heteroatoms. The predicted molar refractivity (Wildman–Crippen MR) is 56.8 cm³/mol. The molecule has 0 N–H and O–H groups in total. The molecule has 0 aliphatic carbocycles. The van der Waals surface area contributed by atoms with E-state index in [1.54, 1.807) is 24.7 Å². The number of halogens is 1. The van der Waals surface area contributed by atoms with Crippen molar-refractivity contribution in [1.29, 1.82) is 0 Å². The van der Waals surface area contributed by atoms with E-state index in [9.17, 15) is 0 Å². The third-order valence-corrected chi connectivity index (χ3v) is 1.66.